The molecule has 3 aliphatic rings. The number of aliphatic hydroxyl groups excluding tert-OH is 1. The fraction of sp³-hybridized carbons (Fsp3) is 0.500. The molecular weight excluding hydrogens is 750 g/mol. The lowest BCUT2D eigenvalue weighted by molar-refractivity contribution is -0.167. The average molecular weight is 787 g/mol. The lowest BCUT2D eigenvalue weighted by Gasteiger charge is -2.51. The number of fused-ring (bicyclic) bond motifs is 1. The molecule has 0 bridgehead atoms. The summed E-state index contributed by atoms with van der Waals surface area (Å²) < 4.78 is 90.1. The molecule has 1 N–H and O–H groups in total. The number of nitrogens with zero attached hydrogens (tertiary/aromatic N) is 4. The van der Waals surface area contributed by atoms with Gasteiger partial charge in [0, 0.05) is 61.7 Å². The fourth-order valence-electron chi connectivity index (χ4n) is 7.67. The third-order valence-electron chi connectivity index (χ3n) is 10.1. The first kappa shape index (κ1) is 38.8. The topological polar surface area (TPSA) is 103 Å². The fourth-order valence-corrected chi connectivity index (χ4v) is 8.54. The maximum Gasteiger partial charge on any atom is 0.425 e. The van der Waals surface area contributed by atoms with Crippen molar-refractivity contribution in [3.05, 3.63) is 80.3 Å². The molecule has 4 atom stereocenters. The number of pyridine rings is 1. The highest BCUT2D eigenvalue weighted by Gasteiger charge is 2.58. The first-order valence-electron chi connectivity index (χ1n) is 17.3. The Morgan fingerprint density at radius 3 is 2.49 bits per heavy atom. The Labute approximate surface area is 310 Å². The molecule has 0 saturated carbocycles. The zero-order valence-corrected chi connectivity index (χ0v) is 30.1. The van der Waals surface area contributed by atoms with Gasteiger partial charge in [-0.25, -0.2) is 0 Å². The number of rotatable bonds is 7. The van der Waals surface area contributed by atoms with Crippen LogP contribution in [0.5, 0.6) is 5.75 Å². The SMILES string of the molecule is CCC[C@H]1N(C(=O)c2ncccc2C(F)(F)F)CCC[C@@]1(Oc1csc(C(F)(F)F)c1)C(=O)N1Cc2ccc(Cl)cc2C[C@@H]1C(=O)N1CCC[C@@H](O)C1. The minimum absolute atomic E-state index is 0.0128. The predicted molar refractivity (Wildman–Crippen MR) is 182 cm³/mol. The minimum atomic E-state index is -4.94. The number of likely N-dealkylation sites (tertiary alicyclic amines) is 2. The number of aliphatic hydroxyl groups is 1. The molecule has 3 amide bonds. The molecule has 0 unspecified atom stereocenters. The molecule has 2 saturated heterocycles. The quantitative estimate of drug-likeness (QED) is 0.259. The molecule has 9 nitrogen and oxygen atoms in total. The summed E-state index contributed by atoms with van der Waals surface area (Å²) in [5.41, 5.74) is -2.96. The second kappa shape index (κ2) is 15.1. The third-order valence-corrected chi connectivity index (χ3v) is 11.3. The van der Waals surface area contributed by atoms with Gasteiger partial charge in [0.1, 0.15) is 22.4 Å². The van der Waals surface area contributed by atoms with Gasteiger partial charge < -0.3 is 24.5 Å². The number of amides is 3. The van der Waals surface area contributed by atoms with Crippen molar-refractivity contribution in [3.8, 4) is 5.75 Å². The summed E-state index contributed by atoms with van der Waals surface area (Å²) in [4.78, 5) is 50.6. The molecule has 1 aromatic carbocycles. The summed E-state index contributed by atoms with van der Waals surface area (Å²) in [5, 5.41) is 11.9. The molecule has 6 rings (SSSR count). The van der Waals surface area contributed by atoms with Gasteiger partial charge in [-0.1, -0.05) is 31.0 Å². The van der Waals surface area contributed by atoms with E-state index in [0.29, 0.717) is 53.3 Å². The van der Waals surface area contributed by atoms with Crippen LogP contribution in [0.1, 0.15) is 77.5 Å². The van der Waals surface area contributed by atoms with Crippen LogP contribution in [0.4, 0.5) is 26.3 Å². The number of alkyl halides is 6. The number of carbonyl (C=O) groups is 3. The van der Waals surface area contributed by atoms with Crippen LogP contribution in [0.15, 0.2) is 48.0 Å². The number of piperidine rings is 2. The standard InChI is InChI=1S/C36H37ClF6N4O5S/c1-2-6-28-34(52-25-17-29(53-20-25)36(41,42)43,11-5-14-46(28)32(50)30-26(35(38,39)40)8-3-12-44-30)33(51)47-18-21-9-10-23(37)15-22(21)16-27(47)31(49)45-13-4-7-24(48)19-45/h3,8-10,12,15,17,20,24,27-28,48H,2,4-7,11,13-14,16,18-19H2,1H3/t24-,27-,28-,34+/m1/s1. The van der Waals surface area contributed by atoms with E-state index in [1.54, 1.807) is 25.1 Å². The van der Waals surface area contributed by atoms with E-state index >= 15 is 4.79 Å². The molecule has 17 heteroatoms. The van der Waals surface area contributed by atoms with E-state index in [1.807, 2.05) is 0 Å². The van der Waals surface area contributed by atoms with Gasteiger partial charge in [0.2, 0.25) is 11.5 Å². The normalized spacial score (nSPS) is 23.8. The van der Waals surface area contributed by atoms with Crippen molar-refractivity contribution in [2.24, 2.45) is 0 Å². The molecule has 5 heterocycles. The number of thiophene rings is 1. The smallest absolute Gasteiger partial charge is 0.425 e. The number of halogens is 7. The van der Waals surface area contributed by atoms with E-state index in [2.05, 4.69) is 4.98 Å². The van der Waals surface area contributed by atoms with Gasteiger partial charge in [-0.05, 0) is 61.1 Å². The zero-order valence-electron chi connectivity index (χ0n) is 28.6. The summed E-state index contributed by atoms with van der Waals surface area (Å²) >= 11 is 6.65. The van der Waals surface area contributed by atoms with Crippen LogP contribution in [0.2, 0.25) is 5.02 Å². The van der Waals surface area contributed by atoms with Crippen molar-refractivity contribution < 1.29 is 50.6 Å². The van der Waals surface area contributed by atoms with Gasteiger partial charge in [0.25, 0.3) is 11.8 Å². The average Bonchev–Trinajstić information content (AvgIpc) is 3.60. The maximum atomic E-state index is 15.4. The number of β-amino-alcohol motifs (C(OH)–C–C–N with tert-alkyl or cyclic N) is 1. The summed E-state index contributed by atoms with van der Waals surface area (Å²) in [5.74, 6) is -2.70. The number of hydrogen-bond donors (Lipinski definition) is 1. The second-order valence-corrected chi connectivity index (χ2v) is 14.9. The highest BCUT2D eigenvalue weighted by molar-refractivity contribution is 7.10. The van der Waals surface area contributed by atoms with Crippen LogP contribution in [-0.2, 0) is 34.9 Å². The molecular formula is C36H37ClF6N4O5S. The van der Waals surface area contributed by atoms with E-state index in [0.717, 1.165) is 34.7 Å². The third kappa shape index (κ3) is 7.86. The van der Waals surface area contributed by atoms with Crippen molar-refractivity contribution in [1.82, 2.24) is 19.7 Å². The summed E-state index contributed by atoms with van der Waals surface area (Å²) in [6.07, 6.45) is -8.17. The first-order valence-corrected chi connectivity index (χ1v) is 18.5. The Bertz CT molecular complexity index is 1860. The van der Waals surface area contributed by atoms with Gasteiger partial charge in [-0.2, -0.15) is 26.3 Å². The van der Waals surface area contributed by atoms with Gasteiger partial charge >= 0.3 is 12.4 Å². The predicted octanol–water partition coefficient (Wildman–Crippen LogP) is 6.99. The molecule has 3 aromatic rings. The van der Waals surface area contributed by atoms with E-state index in [-0.39, 0.29) is 51.1 Å². The van der Waals surface area contributed by atoms with Crippen molar-refractivity contribution in [2.45, 2.75) is 94.6 Å². The van der Waals surface area contributed by atoms with Crippen LogP contribution in [-0.4, -0.2) is 85.9 Å². The molecule has 3 aliphatic heterocycles. The summed E-state index contributed by atoms with van der Waals surface area (Å²) in [7, 11) is 0. The van der Waals surface area contributed by atoms with Gasteiger partial charge in [0.15, 0.2) is 0 Å². The molecule has 286 valence electrons. The van der Waals surface area contributed by atoms with Crippen LogP contribution in [0, 0.1) is 0 Å². The Hall–Kier alpha value is -3.89. The Morgan fingerprint density at radius 1 is 1.04 bits per heavy atom. The van der Waals surface area contributed by atoms with Gasteiger partial charge in [-0.3, -0.25) is 19.4 Å². The number of hydrogen-bond acceptors (Lipinski definition) is 7. The van der Waals surface area contributed by atoms with Crippen molar-refractivity contribution in [2.75, 3.05) is 19.6 Å². The van der Waals surface area contributed by atoms with Crippen LogP contribution < -0.4 is 4.74 Å². The molecule has 53 heavy (non-hydrogen) atoms. The van der Waals surface area contributed by atoms with Crippen LogP contribution >= 0.6 is 22.9 Å². The van der Waals surface area contributed by atoms with E-state index in [1.165, 1.54) is 9.80 Å². The van der Waals surface area contributed by atoms with Gasteiger partial charge in [-0.15, -0.1) is 11.3 Å². The van der Waals surface area contributed by atoms with Crippen molar-refractivity contribution in [3.63, 3.8) is 0 Å². The molecule has 2 fully saturated rings. The molecule has 0 aliphatic carbocycles. The number of ether oxygens (including phenoxy) is 1. The van der Waals surface area contributed by atoms with Crippen LogP contribution in [0.3, 0.4) is 0 Å². The highest BCUT2D eigenvalue weighted by atomic mass is 35.5. The number of carbonyl (C=O) groups excluding carboxylic acids is 3. The molecule has 0 spiro atoms. The molecule has 2 aromatic heterocycles. The maximum absolute atomic E-state index is 15.4. The second-order valence-electron chi connectivity index (χ2n) is 13.6. The number of benzene rings is 1. The number of aromatic nitrogens is 1. The lowest BCUT2D eigenvalue weighted by Crippen LogP contribution is -2.70. The summed E-state index contributed by atoms with van der Waals surface area (Å²) in [6, 6.07) is 5.08. The van der Waals surface area contributed by atoms with Crippen molar-refractivity contribution in [1.29, 1.82) is 0 Å². The minimum Gasteiger partial charge on any atom is -0.474 e. The lowest BCUT2D eigenvalue weighted by atomic mass is 9.78. The largest absolute Gasteiger partial charge is 0.474 e. The summed E-state index contributed by atoms with van der Waals surface area (Å²) in [6.45, 7) is 1.85. The van der Waals surface area contributed by atoms with Gasteiger partial charge in [0.05, 0.1) is 17.7 Å². The zero-order chi connectivity index (χ0) is 38.3. The Morgan fingerprint density at radius 2 is 1.81 bits per heavy atom. The Balaban J connectivity index is 1.48. The highest BCUT2D eigenvalue weighted by Crippen LogP contribution is 2.44. The van der Waals surface area contributed by atoms with Crippen molar-refractivity contribution >= 4 is 40.7 Å². The van der Waals surface area contributed by atoms with E-state index in [4.69, 9.17) is 16.3 Å². The first-order chi connectivity index (χ1) is 25.0. The van der Waals surface area contributed by atoms with E-state index in [9.17, 15) is 41.0 Å². The van der Waals surface area contributed by atoms with Crippen LogP contribution in [0.25, 0.3) is 0 Å². The monoisotopic (exact) mass is 786 g/mol. The Kier molecular flexibility index (Phi) is 11.1. The van der Waals surface area contributed by atoms with E-state index < -0.39 is 70.0 Å². The molecule has 0 radical (unpaired) electrons.